The number of hydrogen-bond acceptors (Lipinski definition) is 3. The summed E-state index contributed by atoms with van der Waals surface area (Å²) in [6, 6.07) is -1.15. The monoisotopic (exact) mass is 228 g/mol. The average Bonchev–Trinajstić information content (AvgIpc) is 2.41. The molecule has 1 atom stereocenters. The molecular weight excluding hydrogens is 220 g/mol. The summed E-state index contributed by atoms with van der Waals surface area (Å²) < 4.78 is 48.2. The van der Waals surface area contributed by atoms with Crippen molar-refractivity contribution in [1.82, 2.24) is 10.6 Å². The van der Waals surface area contributed by atoms with Gasteiger partial charge < -0.3 is 0 Å². The SMILES string of the molecule is O=C1CC(NCC(F)(F)C(F)F)C(=O)N1. The molecule has 1 aliphatic rings. The number of nitrogens with one attached hydrogen (secondary N) is 2. The Bertz CT molecular complexity index is 282. The van der Waals surface area contributed by atoms with Crippen LogP contribution in [-0.2, 0) is 9.59 Å². The first kappa shape index (κ1) is 11.9. The molecule has 86 valence electrons. The van der Waals surface area contributed by atoms with Crippen molar-refractivity contribution in [2.45, 2.75) is 24.8 Å². The van der Waals surface area contributed by atoms with Gasteiger partial charge in [0.2, 0.25) is 11.8 Å². The largest absolute Gasteiger partial charge is 0.319 e. The predicted octanol–water partition coefficient (Wildman–Crippen LogP) is -0.109. The summed E-state index contributed by atoms with van der Waals surface area (Å²) in [7, 11) is 0. The highest BCUT2D eigenvalue weighted by Crippen LogP contribution is 2.21. The van der Waals surface area contributed by atoms with Gasteiger partial charge in [-0.3, -0.25) is 20.2 Å². The predicted molar refractivity (Wildman–Crippen MR) is 40.5 cm³/mol. The van der Waals surface area contributed by atoms with Gasteiger partial charge in [0.25, 0.3) is 0 Å². The lowest BCUT2D eigenvalue weighted by atomic mass is 10.2. The van der Waals surface area contributed by atoms with Gasteiger partial charge in [-0.05, 0) is 0 Å². The van der Waals surface area contributed by atoms with Gasteiger partial charge in [-0.15, -0.1) is 0 Å². The summed E-state index contributed by atoms with van der Waals surface area (Å²) in [5.41, 5.74) is 0. The molecule has 0 aromatic heterocycles. The highest BCUT2D eigenvalue weighted by atomic mass is 19.3. The quantitative estimate of drug-likeness (QED) is 0.521. The van der Waals surface area contributed by atoms with Gasteiger partial charge in [0.1, 0.15) is 0 Å². The highest BCUT2D eigenvalue weighted by Gasteiger charge is 2.42. The summed E-state index contributed by atoms with van der Waals surface area (Å²) >= 11 is 0. The zero-order valence-electron chi connectivity index (χ0n) is 7.40. The normalized spacial score (nSPS) is 22.3. The number of hydrogen-bond donors (Lipinski definition) is 2. The van der Waals surface area contributed by atoms with E-state index in [4.69, 9.17) is 0 Å². The number of carbonyl (C=O) groups excluding carboxylic acids is 2. The van der Waals surface area contributed by atoms with E-state index in [-0.39, 0.29) is 6.42 Å². The fourth-order valence-corrected chi connectivity index (χ4v) is 1.05. The first-order chi connectivity index (χ1) is 6.83. The molecule has 1 aliphatic heterocycles. The molecule has 15 heavy (non-hydrogen) atoms. The molecule has 1 heterocycles. The highest BCUT2D eigenvalue weighted by molar-refractivity contribution is 6.05. The van der Waals surface area contributed by atoms with E-state index in [2.05, 4.69) is 0 Å². The van der Waals surface area contributed by atoms with Gasteiger partial charge in [0.05, 0.1) is 19.0 Å². The number of rotatable bonds is 4. The van der Waals surface area contributed by atoms with Crippen LogP contribution >= 0.6 is 0 Å². The van der Waals surface area contributed by atoms with E-state index in [1.807, 2.05) is 10.6 Å². The van der Waals surface area contributed by atoms with Crippen LogP contribution < -0.4 is 10.6 Å². The molecule has 8 heteroatoms. The Morgan fingerprint density at radius 1 is 1.47 bits per heavy atom. The summed E-state index contributed by atoms with van der Waals surface area (Å²) in [5.74, 6) is -5.59. The third-order valence-electron chi connectivity index (χ3n) is 1.87. The number of carbonyl (C=O) groups is 2. The van der Waals surface area contributed by atoms with Gasteiger partial charge in [-0.25, -0.2) is 8.78 Å². The minimum atomic E-state index is -4.20. The maximum Gasteiger partial charge on any atom is 0.319 e. The van der Waals surface area contributed by atoms with Gasteiger partial charge in [-0.2, -0.15) is 8.78 Å². The van der Waals surface area contributed by atoms with Crippen molar-refractivity contribution >= 4 is 11.8 Å². The van der Waals surface area contributed by atoms with Crippen LogP contribution in [0.15, 0.2) is 0 Å². The Morgan fingerprint density at radius 3 is 2.47 bits per heavy atom. The lowest BCUT2D eigenvalue weighted by molar-refractivity contribution is -0.130. The van der Waals surface area contributed by atoms with Crippen molar-refractivity contribution in [3.8, 4) is 0 Å². The van der Waals surface area contributed by atoms with Gasteiger partial charge in [0.15, 0.2) is 0 Å². The van der Waals surface area contributed by atoms with Crippen LogP contribution in [0, 0.1) is 0 Å². The van der Waals surface area contributed by atoms with Crippen molar-refractivity contribution in [3.63, 3.8) is 0 Å². The number of imide groups is 1. The first-order valence-electron chi connectivity index (χ1n) is 4.06. The van der Waals surface area contributed by atoms with Gasteiger partial charge >= 0.3 is 12.3 Å². The van der Waals surface area contributed by atoms with Crippen molar-refractivity contribution < 1.29 is 27.2 Å². The summed E-state index contributed by atoms with van der Waals surface area (Å²) in [6.07, 6.45) is -4.11. The molecule has 0 aromatic carbocycles. The second-order valence-corrected chi connectivity index (χ2v) is 3.11. The standard InChI is InChI=1S/C7H8F4N2O2/c8-6(9)7(10,11)2-12-3-1-4(14)13-5(3)15/h3,6,12H,1-2H2,(H,13,14,15). The molecule has 0 aliphatic carbocycles. The third-order valence-corrected chi connectivity index (χ3v) is 1.87. The Kier molecular flexibility index (Phi) is 3.28. The van der Waals surface area contributed by atoms with Crippen molar-refractivity contribution in [2.24, 2.45) is 0 Å². The Morgan fingerprint density at radius 2 is 2.07 bits per heavy atom. The zero-order chi connectivity index (χ0) is 11.6. The molecular formula is C7H8F4N2O2. The molecule has 0 spiro atoms. The number of amides is 2. The Balaban J connectivity index is 2.44. The average molecular weight is 228 g/mol. The van der Waals surface area contributed by atoms with Gasteiger partial charge in [0, 0.05) is 0 Å². The smallest absolute Gasteiger partial charge is 0.299 e. The second kappa shape index (κ2) is 4.13. The van der Waals surface area contributed by atoms with Crippen molar-refractivity contribution in [1.29, 1.82) is 0 Å². The third kappa shape index (κ3) is 2.88. The van der Waals surface area contributed by atoms with Gasteiger partial charge in [-0.1, -0.05) is 0 Å². The number of halogens is 4. The van der Waals surface area contributed by atoms with E-state index in [1.54, 1.807) is 0 Å². The van der Waals surface area contributed by atoms with E-state index in [1.165, 1.54) is 0 Å². The van der Waals surface area contributed by atoms with Crippen LogP contribution in [0.3, 0.4) is 0 Å². The fraction of sp³-hybridized carbons (Fsp3) is 0.714. The molecule has 1 rings (SSSR count). The first-order valence-corrected chi connectivity index (χ1v) is 4.06. The summed E-state index contributed by atoms with van der Waals surface area (Å²) in [5, 5.41) is 3.78. The molecule has 0 saturated carbocycles. The molecule has 1 saturated heterocycles. The van der Waals surface area contributed by atoms with E-state index in [9.17, 15) is 27.2 Å². The van der Waals surface area contributed by atoms with Crippen LogP contribution in [0.25, 0.3) is 0 Å². The van der Waals surface area contributed by atoms with Crippen LogP contribution in [0.4, 0.5) is 17.6 Å². The lowest BCUT2D eigenvalue weighted by Gasteiger charge is -2.17. The topological polar surface area (TPSA) is 58.2 Å². The minimum Gasteiger partial charge on any atom is -0.299 e. The van der Waals surface area contributed by atoms with E-state index in [0.717, 1.165) is 0 Å². The minimum absolute atomic E-state index is 0.307. The number of alkyl halides is 4. The Labute approximate surface area is 82.0 Å². The van der Waals surface area contributed by atoms with E-state index >= 15 is 0 Å². The van der Waals surface area contributed by atoms with Crippen LogP contribution in [0.2, 0.25) is 0 Å². The molecule has 2 amide bonds. The maximum absolute atomic E-state index is 12.4. The summed E-state index contributed by atoms with van der Waals surface area (Å²) in [4.78, 5) is 21.5. The maximum atomic E-state index is 12.4. The lowest BCUT2D eigenvalue weighted by Crippen LogP contribution is -2.45. The Hall–Kier alpha value is -1.18. The molecule has 1 fully saturated rings. The molecule has 2 N–H and O–H groups in total. The molecule has 1 unspecified atom stereocenters. The fourth-order valence-electron chi connectivity index (χ4n) is 1.05. The van der Waals surface area contributed by atoms with Crippen LogP contribution in [0.1, 0.15) is 6.42 Å². The molecule has 0 bridgehead atoms. The van der Waals surface area contributed by atoms with E-state index < -0.39 is 36.7 Å². The second-order valence-electron chi connectivity index (χ2n) is 3.11. The van der Waals surface area contributed by atoms with Crippen LogP contribution in [0.5, 0.6) is 0 Å². The molecule has 0 radical (unpaired) electrons. The van der Waals surface area contributed by atoms with Crippen molar-refractivity contribution in [2.75, 3.05) is 6.54 Å². The van der Waals surface area contributed by atoms with Crippen LogP contribution in [-0.4, -0.2) is 36.7 Å². The summed E-state index contributed by atoms with van der Waals surface area (Å²) in [6.45, 7) is -1.34. The molecule has 4 nitrogen and oxygen atoms in total. The van der Waals surface area contributed by atoms with Crippen molar-refractivity contribution in [3.05, 3.63) is 0 Å². The molecule has 0 aromatic rings. The van der Waals surface area contributed by atoms with E-state index in [0.29, 0.717) is 0 Å². The zero-order valence-corrected chi connectivity index (χ0v) is 7.40.